The zero-order valence-corrected chi connectivity index (χ0v) is 13.4. The molecule has 1 amide bonds. The van der Waals surface area contributed by atoms with Crippen LogP contribution in [0.4, 0.5) is 4.39 Å². The van der Waals surface area contributed by atoms with Gasteiger partial charge in [0.05, 0.1) is 32.2 Å². The summed E-state index contributed by atoms with van der Waals surface area (Å²) in [6.07, 6.45) is 5.37. The van der Waals surface area contributed by atoms with Crippen LogP contribution in [0.5, 0.6) is 0 Å². The number of nitrogens with zero attached hydrogens (tertiary/aromatic N) is 1. The van der Waals surface area contributed by atoms with Crippen LogP contribution in [0.1, 0.15) is 43.0 Å². The van der Waals surface area contributed by atoms with Crippen molar-refractivity contribution in [3.8, 4) is 0 Å². The second kappa shape index (κ2) is 6.78. The van der Waals surface area contributed by atoms with Crippen LogP contribution in [0, 0.1) is 11.7 Å². The van der Waals surface area contributed by atoms with Crippen LogP contribution >= 0.6 is 0 Å². The summed E-state index contributed by atoms with van der Waals surface area (Å²) in [4.78, 5) is 16.0. The third-order valence-electron chi connectivity index (χ3n) is 5.28. The first-order valence-electron chi connectivity index (χ1n) is 8.53. The Kier molecular flexibility index (Phi) is 4.77. The van der Waals surface area contributed by atoms with Gasteiger partial charge in [-0.2, -0.15) is 0 Å². The van der Waals surface area contributed by atoms with Gasteiger partial charge in [-0.1, -0.05) is 19.4 Å². The van der Waals surface area contributed by atoms with Gasteiger partial charge in [0.2, 0.25) is 0 Å². The maximum Gasteiger partial charge on any atom is 0.254 e. The fourth-order valence-corrected chi connectivity index (χ4v) is 4.01. The smallest absolute Gasteiger partial charge is 0.254 e. The molecular formula is C18H26FN2O+. The predicted molar refractivity (Wildman–Crippen MR) is 84.4 cm³/mol. The summed E-state index contributed by atoms with van der Waals surface area (Å²) in [7, 11) is 0. The highest BCUT2D eigenvalue weighted by atomic mass is 19.1. The monoisotopic (exact) mass is 305 g/mol. The average molecular weight is 305 g/mol. The maximum absolute atomic E-state index is 13.3. The van der Waals surface area contributed by atoms with Crippen molar-refractivity contribution in [1.29, 1.82) is 0 Å². The van der Waals surface area contributed by atoms with E-state index < -0.39 is 0 Å². The van der Waals surface area contributed by atoms with Gasteiger partial charge in [0.25, 0.3) is 5.91 Å². The summed E-state index contributed by atoms with van der Waals surface area (Å²) in [5.41, 5.74) is 0.467. The Balaban J connectivity index is 1.56. The molecule has 1 aliphatic carbocycles. The van der Waals surface area contributed by atoms with E-state index in [-0.39, 0.29) is 11.7 Å². The second-order valence-corrected chi connectivity index (χ2v) is 6.93. The Morgan fingerprint density at radius 1 is 1.27 bits per heavy atom. The molecule has 1 saturated heterocycles. The average Bonchev–Trinajstić information content (AvgIpc) is 2.54. The van der Waals surface area contributed by atoms with Gasteiger partial charge in [0.15, 0.2) is 0 Å². The molecule has 0 aromatic heterocycles. The quantitative estimate of drug-likeness (QED) is 0.884. The van der Waals surface area contributed by atoms with Crippen molar-refractivity contribution >= 4 is 5.91 Å². The van der Waals surface area contributed by atoms with E-state index in [0.29, 0.717) is 5.56 Å². The molecule has 3 rings (SSSR count). The Morgan fingerprint density at radius 3 is 2.73 bits per heavy atom. The van der Waals surface area contributed by atoms with Gasteiger partial charge in [0.1, 0.15) is 5.82 Å². The first kappa shape index (κ1) is 15.5. The van der Waals surface area contributed by atoms with E-state index in [2.05, 4.69) is 6.92 Å². The lowest BCUT2D eigenvalue weighted by atomic mass is 9.86. The summed E-state index contributed by atoms with van der Waals surface area (Å²) < 4.78 is 13.3. The summed E-state index contributed by atoms with van der Waals surface area (Å²) in [6, 6.07) is 6.80. The number of piperazine rings is 1. The van der Waals surface area contributed by atoms with Gasteiger partial charge in [-0.05, 0) is 37.0 Å². The van der Waals surface area contributed by atoms with E-state index in [9.17, 15) is 9.18 Å². The number of hydrogen-bond donors (Lipinski definition) is 1. The molecule has 22 heavy (non-hydrogen) atoms. The molecule has 0 unspecified atom stereocenters. The number of halogens is 1. The molecule has 120 valence electrons. The highest BCUT2D eigenvalue weighted by Gasteiger charge is 2.32. The number of quaternary nitrogens is 1. The number of nitrogens with one attached hydrogen (secondary N) is 1. The number of hydrogen-bond acceptors (Lipinski definition) is 1. The predicted octanol–water partition coefficient (Wildman–Crippen LogP) is 1.75. The zero-order chi connectivity index (χ0) is 15.5. The Labute approximate surface area is 132 Å². The highest BCUT2D eigenvalue weighted by Crippen LogP contribution is 2.22. The van der Waals surface area contributed by atoms with E-state index in [0.717, 1.165) is 38.1 Å². The first-order chi connectivity index (χ1) is 10.6. The van der Waals surface area contributed by atoms with E-state index >= 15 is 0 Å². The summed E-state index contributed by atoms with van der Waals surface area (Å²) in [5.74, 6) is 0.472. The number of amides is 1. The molecule has 1 aromatic carbocycles. The number of carbonyl (C=O) groups is 1. The molecule has 0 bridgehead atoms. The maximum atomic E-state index is 13.3. The summed E-state index contributed by atoms with van der Waals surface area (Å²) >= 11 is 0. The summed E-state index contributed by atoms with van der Waals surface area (Å²) in [6.45, 7) is 5.98. The van der Waals surface area contributed by atoms with Gasteiger partial charge < -0.3 is 9.80 Å². The lowest BCUT2D eigenvalue weighted by Gasteiger charge is -2.39. The van der Waals surface area contributed by atoms with E-state index in [1.165, 1.54) is 37.8 Å². The third-order valence-corrected chi connectivity index (χ3v) is 5.28. The molecule has 1 heterocycles. The molecule has 0 radical (unpaired) electrons. The molecule has 3 nitrogen and oxygen atoms in total. The molecule has 2 aliphatic rings. The van der Waals surface area contributed by atoms with Crippen molar-refractivity contribution < 1.29 is 14.1 Å². The van der Waals surface area contributed by atoms with Crippen molar-refractivity contribution in [1.82, 2.24) is 4.90 Å². The number of carbonyl (C=O) groups excluding carboxylic acids is 1. The highest BCUT2D eigenvalue weighted by molar-refractivity contribution is 5.94. The van der Waals surface area contributed by atoms with Crippen LogP contribution in [0.3, 0.4) is 0 Å². The third kappa shape index (κ3) is 3.49. The van der Waals surface area contributed by atoms with E-state index in [1.54, 1.807) is 17.0 Å². The SMILES string of the molecule is C[C@@H]1CCC[C@@H]([NH+]2CCN(C(=O)c3cccc(F)c3)CC2)C1. The lowest BCUT2D eigenvalue weighted by Crippen LogP contribution is -3.18. The summed E-state index contributed by atoms with van der Waals surface area (Å²) in [5, 5.41) is 0. The van der Waals surface area contributed by atoms with Crippen LogP contribution in [-0.4, -0.2) is 43.0 Å². The van der Waals surface area contributed by atoms with Crippen LogP contribution in [-0.2, 0) is 0 Å². The first-order valence-corrected chi connectivity index (χ1v) is 8.53. The standard InChI is InChI=1S/C18H25FN2O/c1-14-4-2-7-17(12-14)20-8-10-21(11-9-20)18(22)15-5-3-6-16(19)13-15/h3,5-6,13-14,17H,2,4,7-12H2,1H3/p+1/t14-,17-/m1/s1. The number of benzene rings is 1. The van der Waals surface area contributed by atoms with Crippen molar-refractivity contribution in [2.45, 2.75) is 38.6 Å². The molecule has 1 saturated carbocycles. The van der Waals surface area contributed by atoms with Gasteiger partial charge in [-0.15, -0.1) is 0 Å². The molecule has 2 atom stereocenters. The lowest BCUT2D eigenvalue weighted by molar-refractivity contribution is -0.930. The van der Waals surface area contributed by atoms with E-state index in [4.69, 9.17) is 0 Å². The Morgan fingerprint density at radius 2 is 2.05 bits per heavy atom. The van der Waals surface area contributed by atoms with Crippen molar-refractivity contribution in [2.24, 2.45) is 5.92 Å². The van der Waals surface area contributed by atoms with Crippen molar-refractivity contribution in [2.75, 3.05) is 26.2 Å². The van der Waals surface area contributed by atoms with Crippen molar-refractivity contribution in [3.63, 3.8) is 0 Å². The minimum absolute atomic E-state index is 0.0319. The topological polar surface area (TPSA) is 24.8 Å². The fourth-order valence-electron chi connectivity index (χ4n) is 4.01. The minimum Gasteiger partial charge on any atom is -0.330 e. The molecule has 2 fully saturated rings. The molecular weight excluding hydrogens is 279 g/mol. The molecule has 1 N–H and O–H groups in total. The van der Waals surface area contributed by atoms with Gasteiger partial charge in [-0.3, -0.25) is 4.79 Å². The minimum atomic E-state index is -0.341. The number of rotatable bonds is 2. The van der Waals surface area contributed by atoms with Crippen LogP contribution < -0.4 is 4.90 Å². The Bertz CT molecular complexity index is 526. The van der Waals surface area contributed by atoms with Crippen molar-refractivity contribution in [3.05, 3.63) is 35.6 Å². The van der Waals surface area contributed by atoms with Crippen LogP contribution in [0.15, 0.2) is 24.3 Å². The van der Waals surface area contributed by atoms with Crippen LogP contribution in [0.2, 0.25) is 0 Å². The molecule has 1 aromatic rings. The Hall–Kier alpha value is -1.42. The van der Waals surface area contributed by atoms with Gasteiger partial charge in [-0.25, -0.2) is 4.39 Å². The molecule has 0 spiro atoms. The largest absolute Gasteiger partial charge is 0.330 e. The normalized spacial score (nSPS) is 26.9. The zero-order valence-electron chi connectivity index (χ0n) is 13.4. The molecule has 1 aliphatic heterocycles. The fraction of sp³-hybridized carbons (Fsp3) is 0.611. The van der Waals surface area contributed by atoms with Gasteiger partial charge in [0, 0.05) is 12.0 Å². The van der Waals surface area contributed by atoms with E-state index in [1.807, 2.05) is 4.90 Å². The van der Waals surface area contributed by atoms with Crippen LogP contribution in [0.25, 0.3) is 0 Å². The van der Waals surface area contributed by atoms with Gasteiger partial charge >= 0.3 is 0 Å². The molecule has 4 heteroatoms. The second-order valence-electron chi connectivity index (χ2n) is 6.93.